The summed E-state index contributed by atoms with van der Waals surface area (Å²) in [5, 5.41) is -0.279. The summed E-state index contributed by atoms with van der Waals surface area (Å²) >= 11 is 0.720. The summed E-state index contributed by atoms with van der Waals surface area (Å²) in [6, 6.07) is 12.6. The number of halogens is 3. The number of carbonyl (C=O) groups is 1. The predicted octanol–water partition coefficient (Wildman–Crippen LogP) is 3.71. The van der Waals surface area contributed by atoms with Crippen LogP contribution in [0, 0.1) is 0 Å². The van der Waals surface area contributed by atoms with E-state index in [0.717, 1.165) is 11.8 Å². The van der Waals surface area contributed by atoms with Crippen molar-refractivity contribution in [2.75, 3.05) is 10.7 Å². The van der Waals surface area contributed by atoms with Gasteiger partial charge in [-0.3, -0.25) is 9.59 Å². The smallest absolute Gasteiger partial charge is 0.433 e. The van der Waals surface area contributed by atoms with Gasteiger partial charge in [0.25, 0.3) is 5.56 Å². The number of alkyl halides is 3. The molecule has 3 aromatic rings. The van der Waals surface area contributed by atoms with Gasteiger partial charge in [0.05, 0.1) is 18.6 Å². The third kappa shape index (κ3) is 5.03. The fourth-order valence-corrected chi connectivity index (χ4v) is 3.10. The number of hydrogen-bond donors (Lipinski definition) is 1. The molecule has 28 heavy (non-hydrogen) atoms. The molecule has 2 aromatic heterocycles. The number of rotatable bonds is 6. The van der Waals surface area contributed by atoms with Gasteiger partial charge < -0.3 is 14.3 Å². The van der Waals surface area contributed by atoms with Crippen LogP contribution in [-0.4, -0.2) is 21.6 Å². The first-order valence-electron chi connectivity index (χ1n) is 8.02. The second kappa shape index (κ2) is 8.34. The van der Waals surface area contributed by atoms with Gasteiger partial charge in [0, 0.05) is 11.8 Å². The first kappa shape index (κ1) is 19.7. The average Bonchev–Trinajstić information content (AvgIpc) is 3.17. The van der Waals surface area contributed by atoms with Crippen LogP contribution in [0.4, 0.5) is 18.9 Å². The Bertz CT molecular complexity index is 989. The highest BCUT2D eigenvalue weighted by Gasteiger charge is 2.33. The largest absolute Gasteiger partial charge is 0.467 e. The Morgan fingerprint density at radius 3 is 2.57 bits per heavy atom. The Labute approximate surface area is 161 Å². The maximum atomic E-state index is 12.8. The normalized spacial score (nSPS) is 11.4. The molecule has 10 heteroatoms. The minimum Gasteiger partial charge on any atom is -0.467 e. The second-order valence-electron chi connectivity index (χ2n) is 5.62. The van der Waals surface area contributed by atoms with Gasteiger partial charge in [0.2, 0.25) is 5.91 Å². The highest BCUT2D eigenvalue weighted by Crippen LogP contribution is 2.28. The van der Waals surface area contributed by atoms with E-state index in [2.05, 4.69) is 9.97 Å². The number of thioether (sulfide) groups is 1. The highest BCUT2D eigenvalue weighted by molar-refractivity contribution is 7.99. The lowest BCUT2D eigenvalue weighted by Crippen LogP contribution is -2.32. The molecule has 0 unspecified atom stereocenters. The molecule has 146 valence electrons. The number of H-pyrrole nitrogens is 1. The molecule has 0 spiro atoms. The Morgan fingerprint density at radius 1 is 1.18 bits per heavy atom. The Balaban J connectivity index is 1.77. The van der Waals surface area contributed by atoms with Crippen molar-refractivity contribution in [1.29, 1.82) is 0 Å². The second-order valence-corrected chi connectivity index (χ2v) is 6.58. The molecule has 0 saturated heterocycles. The molecule has 3 rings (SSSR count). The Hall–Kier alpha value is -3.01. The number of amides is 1. The van der Waals surface area contributed by atoms with Crippen LogP contribution in [0.3, 0.4) is 0 Å². The number of benzene rings is 1. The molecule has 0 bridgehead atoms. The number of para-hydroxylation sites is 1. The van der Waals surface area contributed by atoms with Crippen LogP contribution < -0.4 is 10.5 Å². The van der Waals surface area contributed by atoms with Crippen molar-refractivity contribution in [3.05, 3.63) is 76.6 Å². The molecule has 0 radical (unpaired) electrons. The van der Waals surface area contributed by atoms with Gasteiger partial charge in [0.1, 0.15) is 5.76 Å². The van der Waals surface area contributed by atoms with E-state index in [1.807, 2.05) is 0 Å². The van der Waals surface area contributed by atoms with Crippen LogP contribution in [0.1, 0.15) is 11.5 Å². The van der Waals surface area contributed by atoms with Crippen LogP contribution in [-0.2, 0) is 17.5 Å². The van der Waals surface area contributed by atoms with Gasteiger partial charge in [-0.1, -0.05) is 30.0 Å². The third-order valence-electron chi connectivity index (χ3n) is 3.61. The zero-order valence-electron chi connectivity index (χ0n) is 14.3. The lowest BCUT2D eigenvalue weighted by Gasteiger charge is -2.21. The van der Waals surface area contributed by atoms with E-state index < -0.39 is 17.4 Å². The van der Waals surface area contributed by atoms with Gasteiger partial charge >= 0.3 is 6.18 Å². The van der Waals surface area contributed by atoms with Gasteiger partial charge in [0.15, 0.2) is 10.9 Å². The molecule has 0 saturated carbocycles. The molecular formula is C18H14F3N3O3S. The van der Waals surface area contributed by atoms with Crippen molar-refractivity contribution >= 4 is 23.4 Å². The van der Waals surface area contributed by atoms with E-state index in [9.17, 15) is 22.8 Å². The molecule has 0 atom stereocenters. The molecule has 0 aliphatic heterocycles. The summed E-state index contributed by atoms with van der Waals surface area (Å²) in [6.07, 6.45) is -3.27. The van der Waals surface area contributed by atoms with Crippen LogP contribution in [0.2, 0.25) is 0 Å². The molecule has 1 amide bonds. The monoisotopic (exact) mass is 409 g/mol. The number of nitrogens with one attached hydrogen (secondary N) is 1. The topological polar surface area (TPSA) is 79.2 Å². The first-order valence-corrected chi connectivity index (χ1v) is 9.00. The number of aromatic amines is 1. The van der Waals surface area contributed by atoms with Gasteiger partial charge in [-0.15, -0.1) is 0 Å². The van der Waals surface area contributed by atoms with Crippen LogP contribution >= 0.6 is 11.8 Å². The maximum absolute atomic E-state index is 12.8. The number of aromatic nitrogens is 2. The van der Waals surface area contributed by atoms with Crippen molar-refractivity contribution in [2.24, 2.45) is 0 Å². The number of hydrogen-bond acceptors (Lipinski definition) is 5. The summed E-state index contributed by atoms with van der Waals surface area (Å²) in [6.45, 7) is 0.156. The van der Waals surface area contributed by atoms with Crippen molar-refractivity contribution < 1.29 is 22.4 Å². The van der Waals surface area contributed by atoms with E-state index in [4.69, 9.17) is 4.42 Å². The minimum absolute atomic E-state index is 0.156. The fourth-order valence-electron chi connectivity index (χ4n) is 2.35. The molecule has 2 heterocycles. The standard InChI is InChI=1S/C18H14F3N3O3S/c19-18(20,21)14-9-15(25)23-17(22-14)28-11-16(26)24(10-13-7-4-8-27-13)12-5-2-1-3-6-12/h1-9H,10-11H2,(H,22,23,25). The Morgan fingerprint density at radius 2 is 1.93 bits per heavy atom. The van der Waals surface area contributed by atoms with Crippen LogP contribution in [0.5, 0.6) is 0 Å². The summed E-state index contributed by atoms with van der Waals surface area (Å²) in [5.74, 6) is -0.0553. The molecule has 0 aliphatic rings. The summed E-state index contributed by atoms with van der Waals surface area (Å²) < 4.78 is 43.7. The lowest BCUT2D eigenvalue weighted by molar-refractivity contribution is -0.141. The van der Waals surface area contributed by atoms with E-state index in [0.29, 0.717) is 17.5 Å². The van der Waals surface area contributed by atoms with Gasteiger partial charge in [-0.25, -0.2) is 4.98 Å². The van der Waals surface area contributed by atoms with Gasteiger partial charge in [-0.05, 0) is 24.3 Å². The quantitative estimate of drug-likeness (QED) is 0.496. The number of furan rings is 1. The summed E-state index contributed by atoms with van der Waals surface area (Å²) in [7, 11) is 0. The molecule has 1 aromatic carbocycles. The summed E-state index contributed by atoms with van der Waals surface area (Å²) in [4.78, 5) is 31.2. The van der Waals surface area contributed by atoms with Crippen molar-refractivity contribution in [2.45, 2.75) is 17.9 Å². The van der Waals surface area contributed by atoms with Gasteiger partial charge in [-0.2, -0.15) is 13.2 Å². The zero-order valence-corrected chi connectivity index (χ0v) is 15.1. The van der Waals surface area contributed by atoms with Crippen molar-refractivity contribution in [3.63, 3.8) is 0 Å². The molecular weight excluding hydrogens is 395 g/mol. The Kier molecular flexibility index (Phi) is 5.88. The van der Waals surface area contributed by atoms with E-state index in [1.54, 1.807) is 42.5 Å². The van der Waals surface area contributed by atoms with Crippen molar-refractivity contribution in [1.82, 2.24) is 9.97 Å². The minimum atomic E-state index is -4.75. The zero-order chi connectivity index (χ0) is 20.1. The summed E-state index contributed by atoms with van der Waals surface area (Å²) in [5.41, 5.74) is -1.63. The van der Waals surface area contributed by atoms with Crippen LogP contribution in [0.15, 0.2) is 69.2 Å². The van der Waals surface area contributed by atoms with E-state index in [-0.39, 0.29) is 23.4 Å². The fraction of sp³-hybridized carbons (Fsp3) is 0.167. The molecule has 1 N–H and O–H groups in total. The average molecular weight is 409 g/mol. The molecule has 0 aliphatic carbocycles. The van der Waals surface area contributed by atoms with Crippen LogP contribution in [0.25, 0.3) is 0 Å². The molecule has 0 fully saturated rings. The number of carbonyl (C=O) groups excluding carboxylic acids is 1. The number of nitrogens with zero attached hydrogens (tertiary/aromatic N) is 2. The maximum Gasteiger partial charge on any atom is 0.433 e. The number of anilines is 1. The van der Waals surface area contributed by atoms with E-state index >= 15 is 0 Å². The van der Waals surface area contributed by atoms with E-state index in [1.165, 1.54) is 11.2 Å². The first-order chi connectivity index (χ1) is 13.3. The predicted molar refractivity (Wildman–Crippen MR) is 96.9 cm³/mol. The highest BCUT2D eigenvalue weighted by atomic mass is 32.2. The lowest BCUT2D eigenvalue weighted by atomic mass is 10.2. The van der Waals surface area contributed by atoms with Crippen molar-refractivity contribution in [3.8, 4) is 0 Å². The molecule has 6 nitrogen and oxygen atoms in total. The third-order valence-corrected chi connectivity index (χ3v) is 4.46. The SMILES string of the molecule is O=C(CSc1nc(C(F)(F)F)cc(=O)[nH]1)N(Cc1ccco1)c1ccccc1.